The van der Waals surface area contributed by atoms with E-state index >= 15 is 0 Å². The van der Waals surface area contributed by atoms with Crippen molar-refractivity contribution in [2.45, 2.75) is 26.2 Å². The Bertz CT molecular complexity index is 712. The maximum atomic E-state index is 2.49. The SMILES string of the molecule is CC1C=C2CCCC2C(c2cccc3ccccc23)=C1. The van der Waals surface area contributed by atoms with Crippen LogP contribution in [0.15, 0.2) is 60.2 Å². The first kappa shape index (κ1) is 12.0. The van der Waals surface area contributed by atoms with E-state index in [2.05, 4.69) is 61.5 Å². The number of fused-ring (bicyclic) bond motifs is 2. The normalized spacial score (nSPS) is 25.2. The van der Waals surface area contributed by atoms with Gasteiger partial charge in [-0.05, 0) is 47.1 Å². The Morgan fingerprint density at radius 3 is 2.75 bits per heavy atom. The Labute approximate surface area is 120 Å². The predicted octanol–water partition coefficient (Wildman–Crippen LogP) is 5.60. The minimum atomic E-state index is 0.577. The van der Waals surface area contributed by atoms with Crippen molar-refractivity contribution in [3.63, 3.8) is 0 Å². The monoisotopic (exact) mass is 260 g/mol. The average Bonchev–Trinajstić information content (AvgIpc) is 2.94. The number of hydrogen-bond acceptors (Lipinski definition) is 0. The standard InChI is InChI=1S/C20H20/c1-14-12-16-8-5-10-18(16)20(13-14)19-11-4-7-15-6-2-3-9-17(15)19/h2-4,6-7,9,11-14,18H,5,8,10H2,1H3. The third-order valence-corrected chi connectivity index (χ3v) is 4.80. The van der Waals surface area contributed by atoms with Gasteiger partial charge in [0, 0.05) is 5.92 Å². The molecule has 100 valence electrons. The number of allylic oxidation sites excluding steroid dienone is 4. The number of rotatable bonds is 1. The highest BCUT2D eigenvalue weighted by atomic mass is 14.3. The van der Waals surface area contributed by atoms with Crippen LogP contribution < -0.4 is 0 Å². The molecule has 2 aromatic carbocycles. The van der Waals surface area contributed by atoms with Crippen LogP contribution in [0, 0.1) is 11.8 Å². The molecule has 4 rings (SSSR count). The van der Waals surface area contributed by atoms with Crippen LogP contribution in [0.2, 0.25) is 0 Å². The third kappa shape index (κ3) is 1.83. The van der Waals surface area contributed by atoms with Crippen molar-refractivity contribution in [2.75, 3.05) is 0 Å². The first-order valence-electron chi connectivity index (χ1n) is 7.73. The summed E-state index contributed by atoms with van der Waals surface area (Å²) in [5, 5.41) is 2.76. The van der Waals surface area contributed by atoms with Crippen LogP contribution in [0.1, 0.15) is 31.7 Å². The van der Waals surface area contributed by atoms with Crippen LogP contribution in [0.3, 0.4) is 0 Å². The van der Waals surface area contributed by atoms with Gasteiger partial charge >= 0.3 is 0 Å². The second-order valence-corrected chi connectivity index (χ2v) is 6.19. The van der Waals surface area contributed by atoms with Crippen molar-refractivity contribution >= 4 is 16.3 Å². The van der Waals surface area contributed by atoms with E-state index in [0.29, 0.717) is 11.8 Å². The third-order valence-electron chi connectivity index (χ3n) is 4.80. The van der Waals surface area contributed by atoms with Gasteiger partial charge in [-0.1, -0.05) is 67.1 Å². The first-order valence-corrected chi connectivity index (χ1v) is 7.73. The molecule has 0 heterocycles. The van der Waals surface area contributed by atoms with E-state index in [1.807, 2.05) is 0 Å². The Morgan fingerprint density at radius 1 is 0.950 bits per heavy atom. The summed E-state index contributed by atoms with van der Waals surface area (Å²) < 4.78 is 0. The van der Waals surface area contributed by atoms with Crippen molar-refractivity contribution in [2.24, 2.45) is 11.8 Å². The molecule has 0 saturated heterocycles. The molecule has 2 aromatic rings. The van der Waals surface area contributed by atoms with Gasteiger partial charge in [0.15, 0.2) is 0 Å². The smallest absolute Gasteiger partial charge is 0.00516 e. The fourth-order valence-corrected chi connectivity index (χ4v) is 3.96. The van der Waals surface area contributed by atoms with Gasteiger partial charge in [-0.3, -0.25) is 0 Å². The Hall–Kier alpha value is -1.82. The molecule has 0 spiro atoms. The maximum absolute atomic E-state index is 2.49. The zero-order valence-corrected chi connectivity index (χ0v) is 12.0. The van der Waals surface area contributed by atoms with E-state index in [9.17, 15) is 0 Å². The highest BCUT2D eigenvalue weighted by molar-refractivity contribution is 5.95. The van der Waals surface area contributed by atoms with Gasteiger partial charge in [0.1, 0.15) is 0 Å². The zero-order chi connectivity index (χ0) is 13.5. The van der Waals surface area contributed by atoms with Crippen LogP contribution in [0.4, 0.5) is 0 Å². The van der Waals surface area contributed by atoms with Gasteiger partial charge in [0.2, 0.25) is 0 Å². The highest BCUT2D eigenvalue weighted by Gasteiger charge is 2.29. The highest BCUT2D eigenvalue weighted by Crippen LogP contribution is 2.45. The maximum Gasteiger partial charge on any atom is 0.00516 e. The molecule has 0 nitrogen and oxygen atoms in total. The van der Waals surface area contributed by atoms with Crippen LogP contribution in [0.5, 0.6) is 0 Å². The Balaban J connectivity index is 1.91. The Morgan fingerprint density at radius 2 is 1.80 bits per heavy atom. The van der Waals surface area contributed by atoms with E-state index < -0.39 is 0 Å². The van der Waals surface area contributed by atoms with Gasteiger partial charge in [-0.25, -0.2) is 0 Å². The van der Waals surface area contributed by atoms with Gasteiger partial charge in [0.25, 0.3) is 0 Å². The minimum Gasteiger partial charge on any atom is -0.0781 e. The summed E-state index contributed by atoms with van der Waals surface area (Å²) in [6.07, 6.45) is 8.96. The lowest BCUT2D eigenvalue weighted by Crippen LogP contribution is -2.08. The summed E-state index contributed by atoms with van der Waals surface area (Å²) in [7, 11) is 0. The van der Waals surface area contributed by atoms with Crippen molar-refractivity contribution in [1.29, 1.82) is 0 Å². The molecule has 2 aliphatic rings. The minimum absolute atomic E-state index is 0.577. The molecule has 0 bridgehead atoms. The van der Waals surface area contributed by atoms with E-state index in [0.717, 1.165) is 0 Å². The van der Waals surface area contributed by atoms with Crippen LogP contribution in [0.25, 0.3) is 16.3 Å². The molecule has 20 heavy (non-hydrogen) atoms. The molecular formula is C20H20. The fourth-order valence-electron chi connectivity index (χ4n) is 3.96. The summed E-state index contributed by atoms with van der Waals surface area (Å²) in [5.74, 6) is 1.25. The predicted molar refractivity (Wildman–Crippen MR) is 86.5 cm³/mol. The summed E-state index contributed by atoms with van der Waals surface area (Å²) in [6, 6.07) is 15.5. The van der Waals surface area contributed by atoms with Gasteiger partial charge in [-0.15, -0.1) is 0 Å². The van der Waals surface area contributed by atoms with E-state index in [4.69, 9.17) is 0 Å². The lowest BCUT2D eigenvalue weighted by Gasteiger charge is -2.25. The molecule has 0 aliphatic heterocycles. The van der Waals surface area contributed by atoms with E-state index in [1.54, 1.807) is 11.1 Å². The summed E-state index contributed by atoms with van der Waals surface area (Å²) in [5.41, 5.74) is 4.71. The van der Waals surface area contributed by atoms with Gasteiger partial charge in [-0.2, -0.15) is 0 Å². The van der Waals surface area contributed by atoms with Crippen molar-refractivity contribution in [3.8, 4) is 0 Å². The molecule has 2 atom stereocenters. The molecule has 0 aromatic heterocycles. The second kappa shape index (κ2) is 4.63. The van der Waals surface area contributed by atoms with Crippen LogP contribution in [-0.4, -0.2) is 0 Å². The lowest BCUT2D eigenvalue weighted by atomic mass is 9.80. The van der Waals surface area contributed by atoms with Crippen LogP contribution >= 0.6 is 0 Å². The van der Waals surface area contributed by atoms with Gasteiger partial charge in [0.05, 0.1) is 0 Å². The summed E-state index contributed by atoms with van der Waals surface area (Å²) in [4.78, 5) is 0. The number of benzene rings is 2. The van der Waals surface area contributed by atoms with Crippen molar-refractivity contribution < 1.29 is 0 Å². The molecule has 2 aliphatic carbocycles. The lowest BCUT2D eigenvalue weighted by molar-refractivity contribution is 0.752. The molecule has 0 amide bonds. The number of hydrogen-bond donors (Lipinski definition) is 0. The summed E-state index contributed by atoms with van der Waals surface area (Å²) >= 11 is 0. The molecule has 2 unspecified atom stereocenters. The van der Waals surface area contributed by atoms with Gasteiger partial charge < -0.3 is 0 Å². The molecule has 1 fully saturated rings. The first-order chi connectivity index (χ1) is 9.83. The molecule has 0 N–H and O–H groups in total. The molecule has 0 radical (unpaired) electrons. The van der Waals surface area contributed by atoms with E-state index in [-0.39, 0.29) is 0 Å². The molecule has 0 heteroatoms. The van der Waals surface area contributed by atoms with Crippen molar-refractivity contribution in [3.05, 3.63) is 65.8 Å². The van der Waals surface area contributed by atoms with E-state index in [1.165, 1.54) is 35.6 Å². The Kier molecular flexibility index (Phi) is 2.77. The van der Waals surface area contributed by atoms with Crippen molar-refractivity contribution in [1.82, 2.24) is 0 Å². The topological polar surface area (TPSA) is 0 Å². The second-order valence-electron chi connectivity index (χ2n) is 6.19. The molecule has 1 saturated carbocycles. The largest absolute Gasteiger partial charge is 0.0781 e. The zero-order valence-electron chi connectivity index (χ0n) is 12.0. The van der Waals surface area contributed by atoms with Crippen LogP contribution in [-0.2, 0) is 0 Å². The fraction of sp³-hybridized carbons (Fsp3) is 0.300. The quantitative estimate of drug-likeness (QED) is 0.585. The average molecular weight is 260 g/mol. The molecular weight excluding hydrogens is 240 g/mol. The summed E-state index contributed by atoms with van der Waals surface area (Å²) in [6.45, 7) is 2.31.